The smallest absolute Gasteiger partial charge is 0.226 e. The van der Waals surface area contributed by atoms with E-state index in [9.17, 15) is 5.11 Å². The Hall–Kier alpha value is -2.22. The van der Waals surface area contributed by atoms with Crippen LogP contribution in [-0.4, -0.2) is 36.8 Å². The molecule has 3 atom stereocenters. The molecule has 1 aromatic carbocycles. The molecular weight excluding hydrogens is 330 g/mol. The molecule has 0 saturated carbocycles. The number of halogens is 1. The molecule has 3 N–H and O–H groups in total. The van der Waals surface area contributed by atoms with Gasteiger partial charge < -0.3 is 15.6 Å². The van der Waals surface area contributed by atoms with Crippen molar-refractivity contribution in [1.82, 2.24) is 19.5 Å². The average molecular weight is 345 g/mol. The molecule has 123 valence electrons. The van der Waals surface area contributed by atoms with Crippen molar-refractivity contribution in [2.24, 2.45) is 0 Å². The number of imidazole rings is 1. The van der Waals surface area contributed by atoms with Crippen LogP contribution in [0.2, 0.25) is 5.28 Å². The summed E-state index contributed by atoms with van der Waals surface area (Å²) in [6.45, 7) is 0. The molecule has 4 rings (SSSR count). The number of hydrogen-bond acceptors (Lipinski definition) is 6. The summed E-state index contributed by atoms with van der Waals surface area (Å²) >= 11 is 5.89. The van der Waals surface area contributed by atoms with Crippen LogP contribution in [0.15, 0.2) is 30.6 Å². The zero-order valence-corrected chi connectivity index (χ0v) is 13.4. The van der Waals surface area contributed by atoms with Crippen molar-refractivity contribution in [3.05, 3.63) is 47.5 Å². The van der Waals surface area contributed by atoms with Crippen LogP contribution >= 0.6 is 11.6 Å². The van der Waals surface area contributed by atoms with Gasteiger partial charge >= 0.3 is 0 Å². The number of hydrogen-bond donors (Lipinski definition) is 2. The topological polar surface area (TPSA) is 99.1 Å². The van der Waals surface area contributed by atoms with E-state index in [0.717, 1.165) is 5.56 Å². The van der Waals surface area contributed by atoms with Crippen LogP contribution in [0.4, 0.5) is 5.82 Å². The minimum Gasteiger partial charge on any atom is -0.390 e. The van der Waals surface area contributed by atoms with Gasteiger partial charge in [0.15, 0.2) is 11.5 Å². The van der Waals surface area contributed by atoms with E-state index in [1.807, 2.05) is 24.3 Å². The third-order valence-electron chi connectivity index (χ3n) is 4.13. The van der Waals surface area contributed by atoms with E-state index < -0.39 is 6.10 Å². The third kappa shape index (κ3) is 2.71. The quantitative estimate of drug-likeness (QED) is 0.702. The Kier molecular flexibility index (Phi) is 3.84. The maximum Gasteiger partial charge on any atom is 0.226 e. The molecule has 2 aromatic heterocycles. The molecule has 1 unspecified atom stereocenters. The average Bonchev–Trinajstić information content (AvgIpc) is 3.12. The highest BCUT2D eigenvalue weighted by molar-refractivity contribution is 6.28. The summed E-state index contributed by atoms with van der Waals surface area (Å²) in [5, 5.41) is 10.4. The summed E-state index contributed by atoms with van der Waals surface area (Å²) in [6, 6.07) is 10.8. The lowest BCUT2D eigenvalue weighted by Crippen LogP contribution is -2.23. The Morgan fingerprint density at radius 3 is 3.08 bits per heavy atom. The first-order valence-electron chi connectivity index (χ1n) is 7.56. The lowest BCUT2D eigenvalue weighted by Gasteiger charge is -2.15. The molecule has 1 radical (unpaired) electrons. The fourth-order valence-electron chi connectivity index (χ4n) is 2.97. The van der Waals surface area contributed by atoms with E-state index in [4.69, 9.17) is 22.1 Å². The molecule has 1 aliphatic heterocycles. The third-order valence-corrected chi connectivity index (χ3v) is 4.30. The first-order chi connectivity index (χ1) is 11.6. The molecule has 0 amide bonds. The predicted octanol–water partition coefficient (Wildman–Crippen LogP) is 1.75. The molecular formula is C16H15ClN5O2. The number of nitrogens with zero attached hydrogens (tertiary/aromatic N) is 4. The summed E-state index contributed by atoms with van der Waals surface area (Å²) in [5.74, 6) is 0.220. The minimum atomic E-state index is -0.587. The number of benzene rings is 1. The highest BCUT2D eigenvalue weighted by Gasteiger charge is 2.35. The number of nitrogens with two attached hydrogens (primary N) is 1. The van der Waals surface area contributed by atoms with Crippen molar-refractivity contribution >= 4 is 28.6 Å². The lowest BCUT2D eigenvalue weighted by atomic mass is 10.0. The van der Waals surface area contributed by atoms with E-state index in [0.29, 0.717) is 24.0 Å². The summed E-state index contributed by atoms with van der Waals surface area (Å²) in [5.41, 5.74) is 7.78. The van der Waals surface area contributed by atoms with Crippen LogP contribution in [0.25, 0.3) is 11.2 Å². The normalized spacial score (nSPS) is 23.8. The first kappa shape index (κ1) is 15.3. The number of ether oxygens (including phenoxy) is 1. The van der Waals surface area contributed by atoms with E-state index in [-0.39, 0.29) is 23.4 Å². The molecule has 0 bridgehead atoms. The largest absolute Gasteiger partial charge is 0.390 e. The maximum absolute atomic E-state index is 10.3. The molecule has 1 fully saturated rings. The van der Waals surface area contributed by atoms with Crippen molar-refractivity contribution < 1.29 is 9.84 Å². The number of aliphatic hydroxyl groups is 1. The Balaban J connectivity index is 1.60. The van der Waals surface area contributed by atoms with E-state index in [1.54, 1.807) is 10.9 Å². The van der Waals surface area contributed by atoms with Crippen LogP contribution in [0.1, 0.15) is 18.2 Å². The zero-order valence-electron chi connectivity index (χ0n) is 12.6. The van der Waals surface area contributed by atoms with Gasteiger partial charge in [0.2, 0.25) is 5.28 Å². The van der Waals surface area contributed by atoms with E-state index in [2.05, 4.69) is 21.0 Å². The van der Waals surface area contributed by atoms with Crippen molar-refractivity contribution in [3.8, 4) is 0 Å². The van der Waals surface area contributed by atoms with Gasteiger partial charge in [-0.3, -0.25) is 4.57 Å². The Bertz CT molecular complexity index is 870. The van der Waals surface area contributed by atoms with Crippen LogP contribution < -0.4 is 5.73 Å². The number of aliphatic hydroxyl groups excluding tert-OH is 1. The van der Waals surface area contributed by atoms with Gasteiger partial charge in [0.1, 0.15) is 11.7 Å². The predicted molar refractivity (Wildman–Crippen MR) is 88.3 cm³/mol. The molecule has 0 spiro atoms. The number of nitrogen functional groups attached to an aromatic ring is 1. The highest BCUT2D eigenvalue weighted by atomic mass is 35.5. The van der Waals surface area contributed by atoms with Crippen LogP contribution in [0, 0.1) is 6.07 Å². The fourth-order valence-corrected chi connectivity index (χ4v) is 3.14. The second kappa shape index (κ2) is 6.01. The van der Waals surface area contributed by atoms with Gasteiger partial charge in [-0.2, -0.15) is 9.97 Å². The van der Waals surface area contributed by atoms with Gasteiger partial charge in [0.05, 0.1) is 18.5 Å². The SMILES string of the molecule is Nc1nc(Cl)nc2c1ncn2C1C[C@H](O)[C@@H](Cc2[c]cccc2)O1. The monoisotopic (exact) mass is 344 g/mol. The Labute approximate surface area is 143 Å². The summed E-state index contributed by atoms with van der Waals surface area (Å²) in [4.78, 5) is 12.3. The number of rotatable bonds is 3. The van der Waals surface area contributed by atoms with Crippen molar-refractivity contribution in [3.63, 3.8) is 0 Å². The van der Waals surface area contributed by atoms with Crippen LogP contribution in [0.3, 0.4) is 0 Å². The lowest BCUT2D eigenvalue weighted by molar-refractivity contribution is -0.0162. The minimum absolute atomic E-state index is 0.0516. The maximum atomic E-state index is 10.3. The van der Waals surface area contributed by atoms with Gasteiger partial charge in [-0.1, -0.05) is 24.3 Å². The summed E-state index contributed by atoms with van der Waals surface area (Å²) < 4.78 is 7.75. The first-order valence-corrected chi connectivity index (χ1v) is 7.94. The molecule has 1 aliphatic rings. The van der Waals surface area contributed by atoms with Gasteiger partial charge in [0.25, 0.3) is 0 Å². The zero-order chi connectivity index (χ0) is 16.7. The molecule has 1 saturated heterocycles. The number of anilines is 1. The summed E-state index contributed by atoms with van der Waals surface area (Å²) in [6.07, 6.45) is 1.31. The standard InChI is InChI=1S/C16H15ClN5O2/c17-16-20-14(18)13-15(21-16)22(8-19-13)12-7-10(23)11(24-12)6-9-4-2-1-3-5-9/h1-4,8,10-12,23H,6-7H2,(H2,18,20,21)/t10-,11+,12?/m0/s1. The summed E-state index contributed by atoms with van der Waals surface area (Å²) in [7, 11) is 0. The molecule has 8 heteroatoms. The van der Waals surface area contributed by atoms with Gasteiger partial charge in [-0.25, -0.2) is 4.98 Å². The van der Waals surface area contributed by atoms with Crippen molar-refractivity contribution in [2.45, 2.75) is 31.3 Å². The van der Waals surface area contributed by atoms with Crippen molar-refractivity contribution in [1.29, 1.82) is 0 Å². The van der Waals surface area contributed by atoms with Crippen LogP contribution in [0.5, 0.6) is 0 Å². The Morgan fingerprint density at radius 2 is 2.29 bits per heavy atom. The van der Waals surface area contributed by atoms with Gasteiger partial charge in [-0.15, -0.1) is 0 Å². The van der Waals surface area contributed by atoms with E-state index >= 15 is 0 Å². The highest BCUT2D eigenvalue weighted by Crippen LogP contribution is 2.33. The van der Waals surface area contributed by atoms with E-state index in [1.165, 1.54) is 0 Å². The van der Waals surface area contributed by atoms with Gasteiger partial charge in [-0.05, 0) is 23.2 Å². The molecule has 24 heavy (non-hydrogen) atoms. The second-order valence-electron chi connectivity index (χ2n) is 5.73. The van der Waals surface area contributed by atoms with Crippen molar-refractivity contribution in [2.75, 3.05) is 5.73 Å². The molecule has 3 aromatic rings. The second-order valence-corrected chi connectivity index (χ2v) is 6.06. The fraction of sp³-hybridized carbons (Fsp3) is 0.312. The van der Waals surface area contributed by atoms with Gasteiger partial charge in [0, 0.05) is 12.8 Å². The van der Waals surface area contributed by atoms with Crippen LogP contribution in [-0.2, 0) is 11.2 Å². The Morgan fingerprint density at radius 1 is 1.42 bits per heavy atom. The number of aromatic nitrogens is 4. The number of fused-ring (bicyclic) bond motifs is 1. The molecule has 7 nitrogen and oxygen atoms in total. The molecule has 0 aliphatic carbocycles. The molecule has 3 heterocycles.